The van der Waals surface area contributed by atoms with Crippen molar-refractivity contribution in [1.82, 2.24) is 14.3 Å². The van der Waals surface area contributed by atoms with Gasteiger partial charge in [-0.25, -0.2) is 4.98 Å². The molecule has 2 fully saturated rings. The molecule has 8 nitrogen and oxygen atoms in total. The third kappa shape index (κ3) is 4.27. The van der Waals surface area contributed by atoms with Crippen molar-refractivity contribution in [2.45, 2.75) is 18.9 Å². The number of nitrogens with zero attached hydrogens (tertiary/aromatic N) is 3. The number of anilines is 1. The van der Waals surface area contributed by atoms with Gasteiger partial charge in [0.05, 0.1) is 29.7 Å². The molecule has 1 N–H and O–H groups in total. The van der Waals surface area contributed by atoms with Crippen LogP contribution in [0.25, 0.3) is 11.7 Å². The molecule has 4 heterocycles. The first-order chi connectivity index (χ1) is 14.6. The first-order valence-electron chi connectivity index (χ1n) is 9.69. The Morgan fingerprint density at radius 2 is 2.30 bits per heavy atom. The number of amides is 1. The number of pyridine rings is 1. The van der Waals surface area contributed by atoms with E-state index in [1.54, 1.807) is 36.4 Å². The molecule has 10 heteroatoms. The number of carbonyl (C=O) groups is 1. The smallest absolute Gasteiger partial charge is 0.267 e. The van der Waals surface area contributed by atoms with Gasteiger partial charge in [-0.05, 0) is 31.1 Å². The second-order valence-electron chi connectivity index (χ2n) is 6.95. The lowest BCUT2D eigenvalue weighted by Crippen LogP contribution is -2.35. The van der Waals surface area contributed by atoms with Gasteiger partial charge in [-0.3, -0.25) is 18.9 Å². The fourth-order valence-corrected chi connectivity index (χ4v) is 4.68. The van der Waals surface area contributed by atoms with Crippen molar-refractivity contribution in [3.63, 3.8) is 0 Å². The Hall–Kier alpha value is -2.27. The lowest BCUT2D eigenvalue weighted by Gasteiger charge is -2.18. The van der Waals surface area contributed by atoms with Gasteiger partial charge in [0.1, 0.15) is 15.8 Å². The van der Waals surface area contributed by atoms with Gasteiger partial charge in [0, 0.05) is 26.5 Å². The van der Waals surface area contributed by atoms with Crippen LogP contribution in [-0.2, 0) is 14.3 Å². The standard InChI is InChI=1S/C20H22N4O4S2/c1-27-10-7-21-17-14(18(25)23-8-3-2-6-16(23)22-17)11-15-19(26)24(20(29)30-15)12-13-5-4-9-28-13/h2-3,6,8,11,13,21H,4-5,7,9-10,12H2,1H3/b15-11+/t13-/m0/s1. The number of hydrogen-bond donors (Lipinski definition) is 1. The highest BCUT2D eigenvalue weighted by molar-refractivity contribution is 8.26. The van der Waals surface area contributed by atoms with Crippen LogP contribution in [0.5, 0.6) is 0 Å². The van der Waals surface area contributed by atoms with E-state index in [4.69, 9.17) is 21.7 Å². The predicted molar refractivity (Wildman–Crippen MR) is 121 cm³/mol. The van der Waals surface area contributed by atoms with Crippen LogP contribution in [0.15, 0.2) is 34.1 Å². The third-order valence-corrected chi connectivity index (χ3v) is 6.30. The van der Waals surface area contributed by atoms with Gasteiger partial charge in [0.25, 0.3) is 11.5 Å². The number of aromatic nitrogens is 2. The molecule has 0 unspecified atom stereocenters. The zero-order valence-electron chi connectivity index (χ0n) is 16.5. The molecule has 2 saturated heterocycles. The van der Waals surface area contributed by atoms with Crippen LogP contribution in [0, 0.1) is 0 Å². The molecule has 0 spiro atoms. The van der Waals surface area contributed by atoms with Crippen LogP contribution in [0.4, 0.5) is 5.82 Å². The Morgan fingerprint density at radius 1 is 1.43 bits per heavy atom. The average Bonchev–Trinajstić information content (AvgIpc) is 3.35. The Labute approximate surface area is 183 Å². The van der Waals surface area contributed by atoms with Crippen molar-refractivity contribution in [1.29, 1.82) is 0 Å². The zero-order chi connectivity index (χ0) is 21.1. The lowest BCUT2D eigenvalue weighted by molar-refractivity contribution is -0.123. The molecule has 0 aromatic carbocycles. The van der Waals surface area contributed by atoms with Crippen molar-refractivity contribution in [3.8, 4) is 0 Å². The summed E-state index contributed by atoms with van der Waals surface area (Å²) in [7, 11) is 1.60. The molecule has 2 aliphatic heterocycles. The minimum Gasteiger partial charge on any atom is -0.383 e. The molecule has 1 amide bonds. The second-order valence-corrected chi connectivity index (χ2v) is 8.63. The van der Waals surface area contributed by atoms with Crippen LogP contribution in [0.1, 0.15) is 18.4 Å². The maximum Gasteiger partial charge on any atom is 0.267 e. The molecule has 2 aromatic heterocycles. The normalized spacial score (nSPS) is 20.6. The number of ether oxygens (including phenoxy) is 2. The molecular formula is C20H22N4O4S2. The molecule has 0 radical (unpaired) electrons. The molecule has 2 aromatic rings. The zero-order valence-corrected chi connectivity index (χ0v) is 18.1. The summed E-state index contributed by atoms with van der Waals surface area (Å²) in [6.45, 7) is 2.09. The van der Waals surface area contributed by atoms with Crippen LogP contribution in [0.2, 0.25) is 0 Å². The highest BCUT2D eigenvalue weighted by Gasteiger charge is 2.35. The van der Waals surface area contributed by atoms with Crippen molar-refractivity contribution in [2.24, 2.45) is 0 Å². The Kier molecular flexibility index (Phi) is 6.47. The van der Waals surface area contributed by atoms with Gasteiger partial charge in [-0.15, -0.1) is 0 Å². The number of thiocarbonyl (C=S) groups is 1. The molecule has 1 atom stereocenters. The summed E-state index contributed by atoms with van der Waals surface area (Å²) in [4.78, 5) is 32.6. The number of rotatable bonds is 7. The number of methoxy groups -OCH3 is 1. The molecule has 30 heavy (non-hydrogen) atoms. The number of hydrogen-bond acceptors (Lipinski definition) is 8. The molecule has 2 aliphatic rings. The fraction of sp³-hybridized carbons (Fsp3) is 0.400. The van der Waals surface area contributed by atoms with E-state index in [1.165, 1.54) is 16.2 Å². The maximum absolute atomic E-state index is 13.1. The largest absolute Gasteiger partial charge is 0.383 e. The Balaban J connectivity index is 1.69. The first-order valence-corrected chi connectivity index (χ1v) is 10.9. The summed E-state index contributed by atoms with van der Waals surface area (Å²) in [5.74, 6) is 0.202. The van der Waals surface area contributed by atoms with E-state index in [0.717, 1.165) is 12.8 Å². The van der Waals surface area contributed by atoms with Gasteiger partial charge in [0.2, 0.25) is 0 Å². The van der Waals surface area contributed by atoms with E-state index in [2.05, 4.69) is 10.3 Å². The summed E-state index contributed by atoms with van der Waals surface area (Å²) >= 11 is 6.61. The molecular weight excluding hydrogens is 424 g/mol. The monoisotopic (exact) mass is 446 g/mol. The molecule has 0 saturated carbocycles. The Morgan fingerprint density at radius 3 is 3.07 bits per heavy atom. The minimum atomic E-state index is -0.259. The highest BCUT2D eigenvalue weighted by atomic mass is 32.2. The second kappa shape index (κ2) is 9.25. The van der Waals surface area contributed by atoms with E-state index in [1.807, 2.05) is 6.07 Å². The number of carbonyl (C=O) groups excluding carboxylic acids is 1. The minimum absolute atomic E-state index is 0.00563. The van der Waals surface area contributed by atoms with Gasteiger partial charge in [0.15, 0.2) is 0 Å². The van der Waals surface area contributed by atoms with Gasteiger partial charge < -0.3 is 14.8 Å². The van der Waals surface area contributed by atoms with E-state index < -0.39 is 0 Å². The summed E-state index contributed by atoms with van der Waals surface area (Å²) in [5, 5.41) is 3.14. The van der Waals surface area contributed by atoms with E-state index in [9.17, 15) is 9.59 Å². The van der Waals surface area contributed by atoms with Crippen molar-refractivity contribution >= 4 is 51.7 Å². The molecule has 158 valence electrons. The third-order valence-electron chi connectivity index (χ3n) is 4.93. The fourth-order valence-electron chi connectivity index (χ4n) is 3.42. The summed E-state index contributed by atoms with van der Waals surface area (Å²) in [5.41, 5.74) is 0.572. The van der Waals surface area contributed by atoms with Gasteiger partial charge in [-0.1, -0.05) is 30.0 Å². The lowest BCUT2D eigenvalue weighted by atomic mass is 10.2. The van der Waals surface area contributed by atoms with Crippen molar-refractivity contribution in [2.75, 3.05) is 38.7 Å². The van der Waals surface area contributed by atoms with Crippen molar-refractivity contribution < 1.29 is 14.3 Å². The van der Waals surface area contributed by atoms with Crippen LogP contribution in [-0.4, -0.2) is 64.0 Å². The van der Waals surface area contributed by atoms with Crippen molar-refractivity contribution in [3.05, 3.63) is 45.2 Å². The van der Waals surface area contributed by atoms with E-state index in [0.29, 0.717) is 52.6 Å². The molecule has 0 bridgehead atoms. The van der Waals surface area contributed by atoms with Gasteiger partial charge in [-0.2, -0.15) is 0 Å². The van der Waals surface area contributed by atoms with E-state index >= 15 is 0 Å². The maximum atomic E-state index is 13.1. The first kappa shape index (κ1) is 21.0. The predicted octanol–water partition coefficient (Wildman–Crippen LogP) is 2.13. The SMILES string of the molecule is COCCNc1nc2ccccn2c(=O)c1/C=C1/SC(=S)N(C[C@@H]2CCCO2)C1=O. The summed E-state index contributed by atoms with van der Waals surface area (Å²) in [6, 6.07) is 5.34. The topological polar surface area (TPSA) is 85.2 Å². The number of thioether (sulfide) groups is 1. The number of nitrogens with one attached hydrogen (secondary N) is 1. The summed E-state index contributed by atoms with van der Waals surface area (Å²) < 4.78 is 12.7. The quantitative estimate of drug-likeness (QED) is 0.393. The van der Waals surface area contributed by atoms with Gasteiger partial charge >= 0.3 is 0 Å². The van der Waals surface area contributed by atoms with Crippen LogP contribution < -0.4 is 10.9 Å². The molecule has 0 aliphatic carbocycles. The Bertz CT molecular complexity index is 1060. The highest BCUT2D eigenvalue weighted by Crippen LogP contribution is 2.34. The van der Waals surface area contributed by atoms with Crippen LogP contribution >= 0.6 is 24.0 Å². The summed E-state index contributed by atoms with van der Waals surface area (Å²) in [6.07, 6.45) is 5.15. The molecule has 4 rings (SSSR count). The number of fused-ring (bicyclic) bond motifs is 1. The van der Waals surface area contributed by atoms with Crippen LogP contribution in [0.3, 0.4) is 0 Å². The average molecular weight is 447 g/mol. The van der Waals surface area contributed by atoms with E-state index in [-0.39, 0.29) is 17.6 Å².